The number of rotatable bonds is 6. The van der Waals surface area contributed by atoms with Gasteiger partial charge in [-0.05, 0) is 26.7 Å². The molecule has 88 valence electrons. The standard InChI is InChI=1S/C10H20N2O3/c1-4-10(2,3)12-9(15)11-7-5-6-8(13)14/h4-7H2,1-3H3,(H,13,14)(H2,11,12,15). The van der Waals surface area contributed by atoms with Crippen LogP contribution in [0.15, 0.2) is 0 Å². The van der Waals surface area contributed by atoms with Gasteiger partial charge in [-0.2, -0.15) is 0 Å². The molecule has 5 heteroatoms. The Morgan fingerprint density at radius 3 is 2.40 bits per heavy atom. The highest BCUT2D eigenvalue weighted by molar-refractivity contribution is 5.74. The number of carboxylic acid groups (broad SMARTS) is 1. The molecule has 0 unspecified atom stereocenters. The molecule has 0 atom stereocenters. The molecule has 0 fully saturated rings. The van der Waals surface area contributed by atoms with Gasteiger partial charge in [0, 0.05) is 18.5 Å². The lowest BCUT2D eigenvalue weighted by Gasteiger charge is -2.24. The van der Waals surface area contributed by atoms with Gasteiger partial charge in [0.15, 0.2) is 0 Å². The van der Waals surface area contributed by atoms with Crippen LogP contribution >= 0.6 is 0 Å². The van der Waals surface area contributed by atoms with Crippen LogP contribution in [0.25, 0.3) is 0 Å². The Hall–Kier alpha value is -1.26. The topological polar surface area (TPSA) is 78.4 Å². The lowest BCUT2D eigenvalue weighted by Crippen LogP contribution is -2.48. The van der Waals surface area contributed by atoms with E-state index in [0.717, 1.165) is 6.42 Å². The van der Waals surface area contributed by atoms with Crippen molar-refractivity contribution in [3.63, 3.8) is 0 Å². The lowest BCUT2D eigenvalue weighted by molar-refractivity contribution is -0.137. The maximum Gasteiger partial charge on any atom is 0.315 e. The van der Waals surface area contributed by atoms with E-state index in [2.05, 4.69) is 10.6 Å². The SMILES string of the molecule is CCC(C)(C)NC(=O)NCCCC(=O)O. The third kappa shape index (κ3) is 7.78. The molecule has 15 heavy (non-hydrogen) atoms. The van der Waals surface area contributed by atoms with Crippen molar-refractivity contribution in [2.24, 2.45) is 0 Å². The van der Waals surface area contributed by atoms with Crippen molar-refractivity contribution >= 4 is 12.0 Å². The minimum atomic E-state index is -0.842. The van der Waals surface area contributed by atoms with Crippen LogP contribution < -0.4 is 10.6 Å². The molecule has 0 saturated carbocycles. The Labute approximate surface area is 90.2 Å². The monoisotopic (exact) mass is 216 g/mol. The van der Waals surface area contributed by atoms with E-state index in [1.165, 1.54) is 0 Å². The van der Waals surface area contributed by atoms with Gasteiger partial charge in [-0.25, -0.2) is 4.79 Å². The zero-order chi connectivity index (χ0) is 11.9. The van der Waals surface area contributed by atoms with Gasteiger partial charge in [0.1, 0.15) is 0 Å². The maximum atomic E-state index is 11.3. The summed E-state index contributed by atoms with van der Waals surface area (Å²) in [4.78, 5) is 21.5. The summed E-state index contributed by atoms with van der Waals surface area (Å²) in [5.74, 6) is -0.842. The van der Waals surface area contributed by atoms with Gasteiger partial charge < -0.3 is 15.7 Å². The molecule has 0 spiro atoms. The molecule has 0 heterocycles. The number of hydrogen-bond donors (Lipinski definition) is 3. The van der Waals surface area contributed by atoms with Crippen molar-refractivity contribution in [2.75, 3.05) is 6.54 Å². The highest BCUT2D eigenvalue weighted by Gasteiger charge is 2.16. The molecule has 0 aliphatic carbocycles. The van der Waals surface area contributed by atoms with E-state index >= 15 is 0 Å². The normalized spacial score (nSPS) is 10.9. The summed E-state index contributed by atoms with van der Waals surface area (Å²) in [6, 6.07) is -0.243. The number of hydrogen-bond acceptors (Lipinski definition) is 2. The molecule has 0 aliphatic rings. The Bertz CT molecular complexity index is 227. The zero-order valence-electron chi connectivity index (χ0n) is 9.59. The highest BCUT2D eigenvalue weighted by atomic mass is 16.4. The number of aliphatic carboxylic acids is 1. The van der Waals surface area contributed by atoms with Gasteiger partial charge in [-0.1, -0.05) is 6.92 Å². The molecule has 0 radical (unpaired) electrons. The molecular formula is C10H20N2O3. The first-order valence-electron chi connectivity index (χ1n) is 5.15. The van der Waals surface area contributed by atoms with E-state index in [1.807, 2.05) is 20.8 Å². The van der Waals surface area contributed by atoms with Gasteiger partial charge in [0.25, 0.3) is 0 Å². The van der Waals surface area contributed by atoms with Crippen LogP contribution in [0.2, 0.25) is 0 Å². The second-order valence-corrected chi connectivity index (χ2v) is 4.12. The molecule has 0 saturated heterocycles. The summed E-state index contributed by atoms with van der Waals surface area (Å²) >= 11 is 0. The summed E-state index contributed by atoms with van der Waals surface area (Å²) in [6.07, 6.45) is 1.38. The predicted molar refractivity (Wildman–Crippen MR) is 57.8 cm³/mol. The summed E-state index contributed by atoms with van der Waals surface area (Å²) in [6.45, 7) is 6.25. The molecule has 2 amide bonds. The highest BCUT2D eigenvalue weighted by Crippen LogP contribution is 2.05. The zero-order valence-corrected chi connectivity index (χ0v) is 9.59. The van der Waals surface area contributed by atoms with Gasteiger partial charge in [0.2, 0.25) is 0 Å². The molecule has 0 aromatic carbocycles. The molecular weight excluding hydrogens is 196 g/mol. The summed E-state index contributed by atoms with van der Waals surface area (Å²) in [5, 5.41) is 13.8. The fourth-order valence-electron chi connectivity index (χ4n) is 0.881. The molecule has 3 N–H and O–H groups in total. The van der Waals surface area contributed by atoms with Crippen LogP contribution in [-0.4, -0.2) is 29.2 Å². The van der Waals surface area contributed by atoms with Gasteiger partial charge in [-0.3, -0.25) is 4.79 Å². The van der Waals surface area contributed by atoms with Crippen molar-refractivity contribution in [3.8, 4) is 0 Å². The Balaban J connectivity index is 3.62. The maximum absolute atomic E-state index is 11.3. The third-order valence-corrected chi connectivity index (χ3v) is 2.19. The second-order valence-electron chi connectivity index (χ2n) is 4.12. The van der Waals surface area contributed by atoms with E-state index in [1.54, 1.807) is 0 Å². The Kier molecular flexibility index (Phi) is 5.74. The molecule has 0 bridgehead atoms. The number of amides is 2. The largest absolute Gasteiger partial charge is 0.481 e. The molecule has 0 aromatic heterocycles. The number of carbonyl (C=O) groups excluding carboxylic acids is 1. The number of nitrogens with one attached hydrogen (secondary N) is 2. The van der Waals surface area contributed by atoms with Crippen LogP contribution in [-0.2, 0) is 4.79 Å². The first-order chi connectivity index (χ1) is 6.87. The Morgan fingerprint density at radius 2 is 1.93 bits per heavy atom. The van der Waals surface area contributed by atoms with Crippen LogP contribution in [0, 0.1) is 0 Å². The molecule has 0 aliphatic heterocycles. The van der Waals surface area contributed by atoms with Gasteiger partial charge in [0.05, 0.1) is 0 Å². The van der Waals surface area contributed by atoms with Crippen LogP contribution in [0.3, 0.4) is 0 Å². The van der Waals surface area contributed by atoms with Crippen molar-refractivity contribution < 1.29 is 14.7 Å². The van der Waals surface area contributed by atoms with E-state index in [4.69, 9.17) is 5.11 Å². The minimum Gasteiger partial charge on any atom is -0.481 e. The van der Waals surface area contributed by atoms with Crippen molar-refractivity contribution in [1.29, 1.82) is 0 Å². The molecule has 5 nitrogen and oxygen atoms in total. The van der Waals surface area contributed by atoms with E-state index < -0.39 is 5.97 Å². The smallest absolute Gasteiger partial charge is 0.315 e. The summed E-state index contributed by atoms with van der Waals surface area (Å²) < 4.78 is 0. The summed E-state index contributed by atoms with van der Waals surface area (Å²) in [7, 11) is 0. The van der Waals surface area contributed by atoms with Crippen LogP contribution in [0.4, 0.5) is 4.79 Å². The van der Waals surface area contributed by atoms with E-state index in [0.29, 0.717) is 13.0 Å². The van der Waals surface area contributed by atoms with Gasteiger partial charge >= 0.3 is 12.0 Å². The predicted octanol–water partition coefficient (Wildman–Crippen LogP) is 1.34. The fraction of sp³-hybridized carbons (Fsp3) is 0.800. The second kappa shape index (κ2) is 6.27. The summed E-state index contributed by atoms with van der Waals surface area (Å²) in [5.41, 5.74) is -0.225. The van der Waals surface area contributed by atoms with Crippen molar-refractivity contribution in [3.05, 3.63) is 0 Å². The quantitative estimate of drug-likeness (QED) is 0.586. The average Bonchev–Trinajstić information content (AvgIpc) is 2.11. The first kappa shape index (κ1) is 13.7. The van der Waals surface area contributed by atoms with Crippen molar-refractivity contribution in [1.82, 2.24) is 10.6 Å². The van der Waals surface area contributed by atoms with Crippen molar-refractivity contribution in [2.45, 2.75) is 45.6 Å². The average molecular weight is 216 g/mol. The molecule has 0 rings (SSSR count). The van der Waals surface area contributed by atoms with Gasteiger partial charge in [-0.15, -0.1) is 0 Å². The number of urea groups is 1. The third-order valence-electron chi connectivity index (χ3n) is 2.19. The molecule has 0 aromatic rings. The number of carbonyl (C=O) groups is 2. The van der Waals surface area contributed by atoms with Crippen LogP contribution in [0.1, 0.15) is 40.0 Å². The number of carboxylic acids is 1. The van der Waals surface area contributed by atoms with Crippen LogP contribution in [0.5, 0.6) is 0 Å². The fourth-order valence-corrected chi connectivity index (χ4v) is 0.881. The minimum absolute atomic E-state index is 0.0808. The lowest BCUT2D eigenvalue weighted by atomic mass is 10.0. The van der Waals surface area contributed by atoms with E-state index in [9.17, 15) is 9.59 Å². The Morgan fingerprint density at radius 1 is 1.33 bits per heavy atom. The van der Waals surface area contributed by atoms with E-state index in [-0.39, 0.29) is 18.0 Å². The first-order valence-corrected chi connectivity index (χ1v) is 5.15.